The summed E-state index contributed by atoms with van der Waals surface area (Å²) in [6, 6.07) is 0. The van der Waals surface area contributed by atoms with Gasteiger partial charge >= 0.3 is 6.11 Å². The van der Waals surface area contributed by atoms with Crippen molar-refractivity contribution in [3.05, 3.63) is 0 Å². The summed E-state index contributed by atoms with van der Waals surface area (Å²) in [6.07, 6.45) is 0.339. The number of alkyl halides is 2. The van der Waals surface area contributed by atoms with Gasteiger partial charge in [0.1, 0.15) is 0 Å². The fourth-order valence-corrected chi connectivity index (χ4v) is 2.36. The van der Waals surface area contributed by atoms with Crippen LogP contribution in [0.5, 0.6) is 0 Å². The number of hydrogen-bond acceptors (Lipinski definition) is 1. The predicted molar refractivity (Wildman–Crippen MR) is 61.4 cm³/mol. The normalized spacial score (nSPS) is 32.1. The predicted octanol–water partition coefficient (Wildman–Crippen LogP) is 4.32. The molecule has 1 rings (SSSR count). The molecule has 0 heterocycles. The highest BCUT2D eigenvalue weighted by molar-refractivity contribution is 4.76. The Morgan fingerprint density at radius 1 is 1.25 bits per heavy atom. The van der Waals surface area contributed by atoms with Crippen molar-refractivity contribution in [2.75, 3.05) is 6.61 Å². The van der Waals surface area contributed by atoms with Crippen LogP contribution in [-0.2, 0) is 4.74 Å². The summed E-state index contributed by atoms with van der Waals surface area (Å²) < 4.78 is 31.4. The van der Waals surface area contributed by atoms with E-state index in [9.17, 15) is 8.78 Å². The van der Waals surface area contributed by atoms with Crippen LogP contribution < -0.4 is 0 Å². The lowest BCUT2D eigenvalue weighted by atomic mass is 9.76. The number of hydrogen-bond donors (Lipinski definition) is 0. The van der Waals surface area contributed by atoms with Gasteiger partial charge in [0.2, 0.25) is 0 Å². The first-order valence-electron chi connectivity index (χ1n) is 6.34. The third kappa shape index (κ3) is 3.69. The summed E-state index contributed by atoms with van der Waals surface area (Å²) in [5.41, 5.74) is 0. The van der Waals surface area contributed by atoms with Gasteiger partial charge in [0.05, 0.1) is 6.61 Å². The van der Waals surface area contributed by atoms with Crippen LogP contribution in [0, 0.1) is 23.7 Å². The van der Waals surface area contributed by atoms with Gasteiger partial charge in [-0.1, -0.05) is 34.1 Å². The van der Waals surface area contributed by atoms with Crippen molar-refractivity contribution in [1.29, 1.82) is 0 Å². The van der Waals surface area contributed by atoms with Gasteiger partial charge in [0.15, 0.2) is 0 Å². The molecule has 0 radical (unpaired) electrons. The molecular weight excluding hydrogens is 210 g/mol. The zero-order chi connectivity index (χ0) is 12.3. The van der Waals surface area contributed by atoms with E-state index >= 15 is 0 Å². The zero-order valence-corrected chi connectivity index (χ0v) is 10.8. The molecule has 1 aliphatic carbocycles. The molecule has 0 amide bonds. The van der Waals surface area contributed by atoms with E-state index in [1.807, 2.05) is 0 Å². The van der Waals surface area contributed by atoms with Crippen LogP contribution in [0.4, 0.5) is 8.78 Å². The van der Waals surface area contributed by atoms with Crippen LogP contribution in [-0.4, -0.2) is 12.7 Å². The van der Waals surface area contributed by atoms with E-state index < -0.39 is 12.0 Å². The molecule has 1 aliphatic rings. The van der Waals surface area contributed by atoms with Gasteiger partial charge in [-0.05, 0) is 30.6 Å². The van der Waals surface area contributed by atoms with Crippen molar-refractivity contribution in [3.8, 4) is 0 Å². The Balaban J connectivity index is 2.38. The lowest BCUT2D eigenvalue weighted by Crippen LogP contribution is -2.33. The highest BCUT2D eigenvalue weighted by Crippen LogP contribution is 2.35. The van der Waals surface area contributed by atoms with E-state index in [-0.39, 0.29) is 6.61 Å². The summed E-state index contributed by atoms with van der Waals surface area (Å²) in [5, 5.41) is 0. The fourth-order valence-electron chi connectivity index (χ4n) is 2.36. The number of ether oxygens (including phenoxy) is 1. The number of halogens is 2. The van der Waals surface area contributed by atoms with Crippen LogP contribution in [0.2, 0.25) is 0 Å². The maximum atomic E-state index is 13.3. The number of rotatable bonds is 4. The van der Waals surface area contributed by atoms with E-state index in [1.165, 1.54) is 13.8 Å². The van der Waals surface area contributed by atoms with Gasteiger partial charge in [0, 0.05) is 5.92 Å². The third-order valence-corrected chi connectivity index (χ3v) is 3.77. The van der Waals surface area contributed by atoms with Crippen LogP contribution in [0.15, 0.2) is 0 Å². The Hall–Kier alpha value is -0.180. The van der Waals surface area contributed by atoms with E-state index in [0.29, 0.717) is 11.8 Å². The van der Waals surface area contributed by atoms with Crippen molar-refractivity contribution < 1.29 is 13.5 Å². The first kappa shape index (κ1) is 13.9. The van der Waals surface area contributed by atoms with E-state index in [1.54, 1.807) is 0 Å². The van der Waals surface area contributed by atoms with Gasteiger partial charge in [-0.15, -0.1) is 0 Å². The van der Waals surface area contributed by atoms with E-state index in [4.69, 9.17) is 4.74 Å². The standard InChI is InChI=1S/C13H24F2O/c1-9(2)13(14,15)16-8-12-6-5-10(3)7-11(12)4/h9-12H,5-8H2,1-4H3. The summed E-state index contributed by atoms with van der Waals surface area (Å²) in [6.45, 7) is 7.57. The van der Waals surface area contributed by atoms with Crippen LogP contribution in [0.25, 0.3) is 0 Å². The van der Waals surface area contributed by atoms with Gasteiger partial charge in [-0.3, -0.25) is 0 Å². The largest absolute Gasteiger partial charge is 0.357 e. The molecule has 0 spiro atoms. The highest BCUT2D eigenvalue weighted by Gasteiger charge is 2.36. The lowest BCUT2D eigenvalue weighted by Gasteiger charge is -2.33. The smallest absolute Gasteiger partial charge is 0.320 e. The summed E-state index contributed by atoms with van der Waals surface area (Å²) >= 11 is 0. The second-order valence-electron chi connectivity index (χ2n) is 5.68. The van der Waals surface area contributed by atoms with Crippen molar-refractivity contribution in [3.63, 3.8) is 0 Å². The van der Waals surface area contributed by atoms with E-state index in [0.717, 1.165) is 25.2 Å². The minimum atomic E-state index is -2.97. The molecule has 0 saturated heterocycles. The third-order valence-electron chi connectivity index (χ3n) is 3.77. The molecule has 0 N–H and O–H groups in total. The van der Waals surface area contributed by atoms with Gasteiger partial charge in [0.25, 0.3) is 0 Å². The molecular formula is C13H24F2O. The summed E-state index contributed by atoms with van der Waals surface area (Å²) in [5.74, 6) is 0.801. The highest BCUT2D eigenvalue weighted by atomic mass is 19.3. The molecule has 1 fully saturated rings. The molecule has 0 aromatic carbocycles. The monoisotopic (exact) mass is 234 g/mol. The van der Waals surface area contributed by atoms with Crippen molar-refractivity contribution in [1.82, 2.24) is 0 Å². The Morgan fingerprint density at radius 3 is 2.38 bits per heavy atom. The molecule has 96 valence electrons. The van der Waals surface area contributed by atoms with Crippen LogP contribution in [0.1, 0.15) is 47.0 Å². The van der Waals surface area contributed by atoms with Gasteiger partial charge in [-0.25, -0.2) is 0 Å². The fraction of sp³-hybridized carbons (Fsp3) is 1.00. The minimum absolute atomic E-state index is 0.207. The molecule has 16 heavy (non-hydrogen) atoms. The SMILES string of the molecule is CC1CCC(COC(F)(F)C(C)C)C(C)C1. The molecule has 3 atom stereocenters. The first-order valence-corrected chi connectivity index (χ1v) is 6.34. The average Bonchev–Trinajstić information content (AvgIpc) is 2.16. The first-order chi connectivity index (χ1) is 7.33. The molecule has 3 unspecified atom stereocenters. The molecule has 1 nitrogen and oxygen atoms in total. The quantitative estimate of drug-likeness (QED) is 0.703. The van der Waals surface area contributed by atoms with Crippen molar-refractivity contribution >= 4 is 0 Å². The lowest BCUT2D eigenvalue weighted by molar-refractivity contribution is -0.272. The van der Waals surface area contributed by atoms with Crippen molar-refractivity contribution in [2.45, 2.75) is 53.1 Å². The molecule has 0 aromatic heterocycles. The Bertz CT molecular complexity index is 216. The molecule has 0 bridgehead atoms. The van der Waals surface area contributed by atoms with Crippen LogP contribution >= 0.6 is 0 Å². The molecule has 0 aliphatic heterocycles. The Labute approximate surface area is 97.6 Å². The summed E-state index contributed by atoms with van der Waals surface area (Å²) in [7, 11) is 0. The topological polar surface area (TPSA) is 9.23 Å². The second-order valence-corrected chi connectivity index (χ2v) is 5.68. The van der Waals surface area contributed by atoms with Crippen molar-refractivity contribution in [2.24, 2.45) is 23.7 Å². The Morgan fingerprint density at radius 2 is 1.88 bits per heavy atom. The summed E-state index contributed by atoms with van der Waals surface area (Å²) in [4.78, 5) is 0. The van der Waals surface area contributed by atoms with Gasteiger partial charge in [-0.2, -0.15) is 8.78 Å². The molecule has 0 aromatic rings. The maximum Gasteiger partial charge on any atom is 0.357 e. The minimum Gasteiger partial charge on any atom is -0.320 e. The Kier molecular flexibility index (Phi) is 4.72. The van der Waals surface area contributed by atoms with Crippen LogP contribution in [0.3, 0.4) is 0 Å². The van der Waals surface area contributed by atoms with E-state index in [2.05, 4.69) is 13.8 Å². The molecule has 1 saturated carbocycles. The zero-order valence-electron chi connectivity index (χ0n) is 10.8. The average molecular weight is 234 g/mol. The molecule has 3 heteroatoms. The van der Waals surface area contributed by atoms with Gasteiger partial charge < -0.3 is 4.74 Å². The maximum absolute atomic E-state index is 13.3. The second kappa shape index (κ2) is 5.44.